The van der Waals surface area contributed by atoms with E-state index < -0.39 is 0 Å². The lowest BCUT2D eigenvalue weighted by Gasteiger charge is -2.18. The Morgan fingerprint density at radius 1 is 1.33 bits per heavy atom. The largest absolute Gasteiger partial charge is 0.375 e. The molecule has 0 heterocycles. The van der Waals surface area contributed by atoms with Crippen molar-refractivity contribution in [3.05, 3.63) is 29.6 Å². The molecule has 0 amide bonds. The lowest BCUT2D eigenvalue weighted by molar-refractivity contribution is 0.610. The molecular weight excluding hydrogens is 267 g/mol. The lowest BCUT2D eigenvalue weighted by Crippen LogP contribution is -2.41. The van der Waals surface area contributed by atoms with Gasteiger partial charge in [0.2, 0.25) is 0 Å². The van der Waals surface area contributed by atoms with E-state index in [1.165, 1.54) is 25.7 Å². The highest BCUT2D eigenvalue weighted by Crippen LogP contribution is 2.19. The predicted molar refractivity (Wildman–Crippen MR) is 86.3 cm³/mol. The molecule has 0 aromatic heterocycles. The topological polar surface area (TPSA) is 39.7 Å². The van der Waals surface area contributed by atoms with E-state index in [2.05, 4.69) is 15.6 Å². The molecule has 2 N–H and O–H groups in total. The van der Waals surface area contributed by atoms with E-state index in [4.69, 9.17) is 0 Å². The van der Waals surface area contributed by atoms with Crippen molar-refractivity contribution in [2.75, 3.05) is 26.0 Å². The minimum absolute atomic E-state index is 0.196. The van der Waals surface area contributed by atoms with Crippen molar-refractivity contribution < 1.29 is 4.39 Å². The molecule has 0 spiro atoms. The first-order chi connectivity index (χ1) is 10.1. The molecule has 0 aliphatic heterocycles. The Balaban J connectivity index is 1.90. The molecule has 5 heteroatoms. The molecule has 1 fully saturated rings. The van der Waals surface area contributed by atoms with Crippen LogP contribution in [0.1, 0.15) is 31.2 Å². The Hall–Kier alpha value is -1.78. The van der Waals surface area contributed by atoms with E-state index in [1.807, 2.05) is 20.2 Å². The molecule has 116 valence electrons. The van der Waals surface area contributed by atoms with E-state index in [1.54, 1.807) is 24.1 Å². The number of nitrogens with one attached hydrogen (secondary N) is 2. The van der Waals surface area contributed by atoms with Gasteiger partial charge in [0.15, 0.2) is 5.96 Å². The maximum atomic E-state index is 13.9. The van der Waals surface area contributed by atoms with Gasteiger partial charge >= 0.3 is 0 Å². The van der Waals surface area contributed by atoms with Gasteiger partial charge in [-0.15, -0.1) is 0 Å². The van der Waals surface area contributed by atoms with Crippen molar-refractivity contribution in [2.24, 2.45) is 4.99 Å². The number of rotatable bonds is 4. The van der Waals surface area contributed by atoms with Gasteiger partial charge in [0, 0.05) is 33.7 Å². The van der Waals surface area contributed by atoms with E-state index in [-0.39, 0.29) is 5.82 Å². The third kappa shape index (κ3) is 4.34. The monoisotopic (exact) mass is 292 g/mol. The van der Waals surface area contributed by atoms with E-state index in [0.29, 0.717) is 18.3 Å². The highest BCUT2D eigenvalue weighted by Gasteiger charge is 2.15. The van der Waals surface area contributed by atoms with Gasteiger partial charge in [0.1, 0.15) is 5.82 Å². The van der Waals surface area contributed by atoms with Crippen LogP contribution in [0.3, 0.4) is 0 Å². The zero-order chi connectivity index (χ0) is 15.2. The first kappa shape index (κ1) is 15.6. The van der Waals surface area contributed by atoms with Crippen LogP contribution >= 0.6 is 0 Å². The third-order valence-electron chi connectivity index (χ3n) is 3.87. The van der Waals surface area contributed by atoms with Gasteiger partial charge in [-0.3, -0.25) is 4.99 Å². The standard InChI is InChI=1S/C16H25FN4/c1-18-16(20-13-6-4-5-7-13)19-11-12-8-9-15(21(2)3)14(17)10-12/h8-10,13H,4-7,11H2,1-3H3,(H2,18,19,20). The first-order valence-corrected chi connectivity index (χ1v) is 7.53. The second-order valence-electron chi connectivity index (χ2n) is 5.73. The van der Waals surface area contributed by atoms with Crippen LogP contribution in [0.2, 0.25) is 0 Å². The molecule has 0 bridgehead atoms. The predicted octanol–water partition coefficient (Wildman–Crippen LogP) is 2.50. The number of guanidine groups is 1. The van der Waals surface area contributed by atoms with Crippen molar-refractivity contribution >= 4 is 11.6 Å². The number of anilines is 1. The number of benzene rings is 1. The molecule has 1 aromatic carbocycles. The molecule has 0 radical (unpaired) electrons. The molecule has 4 nitrogen and oxygen atoms in total. The van der Waals surface area contributed by atoms with Crippen LogP contribution in [-0.2, 0) is 6.54 Å². The number of nitrogens with zero attached hydrogens (tertiary/aromatic N) is 2. The van der Waals surface area contributed by atoms with Gasteiger partial charge in [-0.05, 0) is 30.5 Å². The van der Waals surface area contributed by atoms with Crippen molar-refractivity contribution in [1.82, 2.24) is 10.6 Å². The summed E-state index contributed by atoms with van der Waals surface area (Å²) in [4.78, 5) is 6.00. The Morgan fingerprint density at radius 3 is 2.62 bits per heavy atom. The Morgan fingerprint density at radius 2 is 2.05 bits per heavy atom. The van der Waals surface area contributed by atoms with Crippen LogP contribution in [0, 0.1) is 5.82 Å². The number of hydrogen-bond donors (Lipinski definition) is 2. The molecule has 21 heavy (non-hydrogen) atoms. The van der Waals surface area contributed by atoms with Crippen LogP contribution < -0.4 is 15.5 Å². The van der Waals surface area contributed by atoms with Crippen molar-refractivity contribution in [1.29, 1.82) is 0 Å². The fourth-order valence-electron chi connectivity index (χ4n) is 2.67. The number of halogens is 1. The lowest BCUT2D eigenvalue weighted by atomic mass is 10.2. The van der Waals surface area contributed by atoms with Gasteiger partial charge < -0.3 is 15.5 Å². The average Bonchev–Trinajstić information content (AvgIpc) is 2.96. The molecule has 0 atom stereocenters. The molecule has 1 aromatic rings. The summed E-state index contributed by atoms with van der Waals surface area (Å²) in [7, 11) is 5.44. The van der Waals surface area contributed by atoms with Gasteiger partial charge in [-0.25, -0.2) is 4.39 Å². The van der Waals surface area contributed by atoms with Gasteiger partial charge in [0.05, 0.1) is 5.69 Å². The summed E-state index contributed by atoms with van der Waals surface area (Å²) in [6.07, 6.45) is 4.97. The molecule has 0 saturated heterocycles. The van der Waals surface area contributed by atoms with Gasteiger partial charge in [-0.2, -0.15) is 0 Å². The van der Waals surface area contributed by atoms with Crippen LogP contribution in [0.15, 0.2) is 23.2 Å². The normalized spacial score (nSPS) is 16.1. The Bertz CT molecular complexity index is 493. The zero-order valence-corrected chi connectivity index (χ0v) is 13.1. The van der Waals surface area contributed by atoms with Crippen molar-refractivity contribution in [2.45, 2.75) is 38.3 Å². The molecule has 1 saturated carbocycles. The summed E-state index contributed by atoms with van der Waals surface area (Å²) in [5, 5.41) is 6.66. The SMILES string of the molecule is CN=C(NCc1ccc(N(C)C)c(F)c1)NC1CCCC1. The van der Waals surface area contributed by atoms with Crippen LogP contribution in [0.5, 0.6) is 0 Å². The second kappa shape index (κ2) is 7.29. The summed E-state index contributed by atoms with van der Waals surface area (Å²) >= 11 is 0. The second-order valence-corrected chi connectivity index (χ2v) is 5.73. The number of hydrogen-bond acceptors (Lipinski definition) is 2. The highest BCUT2D eigenvalue weighted by atomic mass is 19.1. The van der Waals surface area contributed by atoms with Crippen molar-refractivity contribution in [3.8, 4) is 0 Å². The minimum atomic E-state index is -0.196. The van der Waals surface area contributed by atoms with Gasteiger partial charge in [-0.1, -0.05) is 18.9 Å². The fraction of sp³-hybridized carbons (Fsp3) is 0.562. The molecule has 1 aliphatic carbocycles. The maximum absolute atomic E-state index is 13.9. The fourth-order valence-corrected chi connectivity index (χ4v) is 2.67. The van der Waals surface area contributed by atoms with Gasteiger partial charge in [0.25, 0.3) is 0 Å². The van der Waals surface area contributed by atoms with Crippen LogP contribution in [0.25, 0.3) is 0 Å². The Labute approximate surface area is 126 Å². The summed E-state index contributed by atoms with van der Waals surface area (Å²) in [5.41, 5.74) is 1.51. The van der Waals surface area contributed by atoms with Crippen molar-refractivity contribution in [3.63, 3.8) is 0 Å². The average molecular weight is 292 g/mol. The summed E-state index contributed by atoms with van der Waals surface area (Å²) in [5.74, 6) is 0.594. The third-order valence-corrected chi connectivity index (χ3v) is 3.87. The molecular formula is C16H25FN4. The molecule has 2 rings (SSSR count). The van der Waals surface area contributed by atoms with Crippen LogP contribution in [-0.4, -0.2) is 33.1 Å². The maximum Gasteiger partial charge on any atom is 0.191 e. The van der Waals surface area contributed by atoms with E-state index in [0.717, 1.165) is 11.5 Å². The number of aliphatic imine (C=N–C) groups is 1. The minimum Gasteiger partial charge on any atom is -0.375 e. The summed E-state index contributed by atoms with van der Waals surface area (Å²) < 4.78 is 13.9. The Kier molecular flexibility index (Phi) is 5.42. The summed E-state index contributed by atoms with van der Waals surface area (Å²) in [6.45, 7) is 0.566. The van der Waals surface area contributed by atoms with Crippen LogP contribution in [0.4, 0.5) is 10.1 Å². The summed E-state index contributed by atoms with van der Waals surface area (Å²) in [6, 6.07) is 5.84. The zero-order valence-electron chi connectivity index (χ0n) is 13.1. The highest BCUT2D eigenvalue weighted by molar-refractivity contribution is 5.80. The molecule has 0 unspecified atom stereocenters. The van der Waals surface area contributed by atoms with E-state index >= 15 is 0 Å². The smallest absolute Gasteiger partial charge is 0.191 e. The first-order valence-electron chi connectivity index (χ1n) is 7.53. The molecule has 1 aliphatic rings. The quantitative estimate of drug-likeness (QED) is 0.661. The van der Waals surface area contributed by atoms with E-state index in [9.17, 15) is 4.39 Å².